The number of hydrogen-bond acceptors (Lipinski definition) is 5. The topological polar surface area (TPSA) is 61.8 Å². The molecular formula is C28H36Br2O5. The molecule has 192 valence electrons. The third kappa shape index (κ3) is 9.26. The first kappa shape index (κ1) is 29.4. The van der Waals surface area contributed by atoms with Gasteiger partial charge in [-0.05, 0) is 107 Å². The van der Waals surface area contributed by atoms with Gasteiger partial charge in [0.2, 0.25) is 0 Å². The fourth-order valence-electron chi connectivity index (χ4n) is 4.10. The highest BCUT2D eigenvalue weighted by molar-refractivity contribution is 9.11. The van der Waals surface area contributed by atoms with Crippen molar-refractivity contribution < 1.29 is 23.8 Å². The Kier molecular flexibility index (Phi) is 12.8. The summed E-state index contributed by atoms with van der Waals surface area (Å²) in [5.74, 6) is 0.629. The molecule has 0 aliphatic carbocycles. The molecule has 0 spiro atoms. The molecule has 0 bridgehead atoms. The standard InChI is InChI=1S/C28H36Br2O5/c1-5-9-21(15-20-16-24(29)27(34-7-3)25(30)17-20)26(31)18-22(28(32)35-8-4)14-19-10-12-23(13-11-19)33-6-2/h10-13,16-17,21-22H,5-9,14-15,18H2,1-4H3/t21-,22+/m0/s1. The van der Waals surface area contributed by atoms with Gasteiger partial charge in [-0.1, -0.05) is 25.5 Å². The third-order valence-electron chi connectivity index (χ3n) is 5.71. The molecule has 0 amide bonds. The number of hydrogen-bond donors (Lipinski definition) is 0. The molecular weight excluding hydrogens is 576 g/mol. The molecule has 0 heterocycles. The number of ether oxygens (including phenoxy) is 3. The quantitative estimate of drug-likeness (QED) is 0.197. The number of halogens is 2. The molecule has 0 aliphatic heterocycles. The minimum atomic E-state index is -0.515. The summed E-state index contributed by atoms with van der Waals surface area (Å²) < 4.78 is 18.2. The van der Waals surface area contributed by atoms with Gasteiger partial charge < -0.3 is 14.2 Å². The van der Waals surface area contributed by atoms with E-state index in [4.69, 9.17) is 14.2 Å². The second-order valence-corrected chi connectivity index (χ2v) is 10.1. The Balaban J connectivity index is 2.18. The van der Waals surface area contributed by atoms with Crippen molar-refractivity contribution in [3.8, 4) is 11.5 Å². The first-order valence-corrected chi connectivity index (χ1v) is 13.9. The van der Waals surface area contributed by atoms with Gasteiger partial charge in [-0.25, -0.2) is 0 Å². The molecule has 2 rings (SSSR count). The molecule has 0 saturated carbocycles. The zero-order valence-electron chi connectivity index (χ0n) is 21.1. The van der Waals surface area contributed by atoms with Crippen LogP contribution in [0.25, 0.3) is 0 Å². The van der Waals surface area contributed by atoms with Gasteiger partial charge in [0.1, 0.15) is 17.3 Å². The van der Waals surface area contributed by atoms with Crippen molar-refractivity contribution in [1.29, 1.82) is 0 Å². The first-order valence-electron chi connectivity index (χ1n) is 12.3. The Bertz CT molecular complexity index is 935. The molecule has 0 unspecified atom stereocenters. The lowest BCUT2D eigenvalue weighted by atomic mass is 9.85. The molecule has 0 saturated heterocycles. The van der Waals surface area contributed by atoms with E-state index in [0.717, 1.165) is 44.4 Å². The predicted molar refractivity (Wildman–Crippen MR) is 146 cm³/mol. The molecule has 0 fully saturated rings. The SMILES string of the molecule is CCC[C@@H](Cc1cc(Br)c(OCC)c(Br)c1)C(=O)C[C@@H](Cc1ccc(OCC)cc1)C(=O)OCC. The van der Waals surface area contributed by atoms with E-state index in [1.54, 1.807) is 6.92 Å². The molecule has 35 heavy (non-hydrogen) atoms. The summed E-state index contributed by atoms with van der Waals surface area (Å²) in [5, 5.41) is 0. The van der Waals surface area contributed by atoms with E-state index >= 15 is 0 Å². The summed E-state index contributed by atoms with van der Waals surface area (Å²) >= 11 is 7.17. The number of benzene rings is 2. The van der Waals surface area contributed by atoms with Gasteiger partial charge in [-0.15, -0.1) is 0 Å². The fraction of sp³-hybridized carbons (Fsp3) is 0.500. The Morgan fingerprint density at radius 2 is 1.40 bits per heavy atom. The maximum Gasteiger partial charge on any atom is 0.309 e. The van der Waals surface area contributed by atoms with Crippen LogP contribution < -0.4 is 9.47 Å². The number of carbonyl (C=O) groups is 2. The first-order chi connectivity index (χ1) is 16.8. The number of ketones is 1. The zero-order valence-corrected chi connectivity index (χ0v) is 24.2. The second-order valence-electron chi connectivity index (χ2n) is 8.41. The summed E-state index contributed by atoms with van der Waals surface area (Å²) in [4.78, 5) is 26.2. The van der Waals surface area contributed by atoms with Crippen LogP contribution in [0.3, 0.4) is 0 Å². The maximum atomic E-state index is 13.4. The Morgan fingerprint density at radius 1 is 0.800 bits per heavy atom. The fourth-order valence-corrected chi connectivity index (χ4v) is 5.61. The predicted octanol–water partition coefficient (Wildman–Crippen LogP) is 7.35. The smallest absolute Gasteiger partial charge is 0.309 e. The van der Waals surface area contributed by atoms with Crippen molar-refractivity contribution in [2.24, 2.45) is 11.8 Å². The minimum absolute atomic E-state index is 0.0944. The van der Waals surface area contributed by atoms with Crippen molar-refractivity contribution in [3.63, 3.8) is 0 Å². The van der Waals surface area contributed by atoms with Crippen LogP contribution in [-0.4, -0.2) is 31.6 Å². The number of carbonyl (C=O) groups excluding carboxylic acids is 2. The molecule has 7 heteroatoms. The van der Waals surface area contributed by atoms with Crippen LogP contribution in [0.15, 0.2) is 45.3 Å². The third-order valence-corrected chi connectivity index (χ3v) is 6.88. The molecule has 0 radical (unpaired) electrons. The van der Waals surface area contributed by atoms with Crippen LogP contribution in [0.1, 0.15) is 58.1 Å². The number of esters is 1. The van der Waals surface area contributed by atoms with Crippen LogP contribution in [0.5, 0.6) is 11.5 Å². The van der Waals surface area contributed by atoms with Crippen molar-refractivity contribution >= 4 is 43.6 Å². The lowest BCUT2D eigenvalue weighted by Gasteiger charge is -2.20. The van der Waals surface area contributed by atoms with E-state index in [0.29, 0.717) is 32.7 Å². The maximum absolute atomic E-state index is 13.4. The van der Waals surface area contributed by atoms with E-state index in [2.05, 4.69) is 38.8 Å². The van der Waals surface area contributed by atoms with Gasteiger partial charge in [-0.2, -0.15) is 0 Å². The highest BCUT2D eigenvalue weighted by atomic mass is 79.9. The summed E-state index contributed by atoms with van der Waals surface area (Å²) in [5.41, 5.74) is 2.02. The van der Waals surface area contributed by atoms with Crippen LogP contribution in [0.4, 0.5) is 0 Å². The molecule has 2 aromatic rings. The molecule has 0 aliphatic rings. The van der Waals surface area contributed by atoms with E-state index in [9.17, 15) is 9.59 Å². The van der Waals surface area contributed by atoms with Gasteiger partial charge in [-0.3, -0.25) is 9.59 Å². The van der Waals surface area contributed by atoms with Gasteiger partial charge in [0.05, 0.1) is 34.7 Å². The van der Waals surface area contributed by atoms with Crippen molar-refractivity contribution in [3.05, 3.63) is 56.5 Å². The number of Topliss-reactive ketones (excluding diaryl/α,β-unsaturated/α-hetero) is 1. The van der Waals surface area contributed by atoms with Gasteiger partial charge in [0.15, 0.2) is 0 Å². The Morgan fingerprint density at radius 3 is 1.94 bits per heavy atom. The molecule has 2 aromatic carbocycles. The second kappa shape index (κ2) is 15.3. The zero-order chi connectivity index (χ0) is 25.8. The van der Waals surface area contributed by atoms with Gasteiger partial charge in [0.25, 0.3) is 0 Å². The van der Waals surface area contributed by atoms with E-state index < -0.39 is 5.92 Å². The van der Waals surface area contributed by atoms with Crippen LogP contribution in [-0.2, 0) is 27.2 Å². The van der Waals surface area contributed by atoms with E-state index in [-0.39, 0.29) is 24.1 Å². The molecule has 2 atom stereocenters. The van der Waals surface area contributed by atoms with Crippen LogP contribution in [0.2, 0.25) is 0 Å². The largest absolute Gasteiger partial charge is 0.494 e. The van der Waals surface area contributed by atoms with Crippen molar-refractivity contribution in [2.45, 2.75) is 59.8 Å². The van der Waals surface area contributed by atoms with Crippen molar-refractivity contribution in [2.75, 3.05) is 19.8 Å². The summed E-state index contributed by atoms with van der Waals surface area (Å²) in [7, 11) is 0. The normalized spacial score (nSPS) is 12.6. The highest BCUT2D eigenvalue weighted by Gasteiger charge is 2.28. The van der Waals surface area contributed by atoms with E-state index in [1.807, 2.05) is 50.2 Å². The molecule has 0 N–H and O–H groups in total. The summed E-state index contributed by atoms with van der Waals surface area (Å²) in [6, 6.07) is 11.7. The van der Waals surface area contributed by atoms with Gasteiger partial charge in [0, 0.05) is 12.3 Å². The van der Waals surface area contributed by atoms with Crippen molar-refractivity contribution in [1.82, 2.24) is 0 Å². The Labute approximate surface area is 226 Å². The minimum Gasteiger partial charge on any atom is -0.494 e. The summed E-state index contributed by atoms with van der Waals surface area (Å²) in [6.45, 7) is 9.20. The van der Waals surface area contributed by atoms with Crippen LogP contribution in [0, 0.1) is 11.8 Å². The average Bonchev–Trinajstić information content (AvgIpc) is 2.82. The Hall–Kier alpha value is -1.86. The lowest BCUT2D eigenvalue weighted by molar-refractivity contribution is -0.150. The monoisotopic (exact) mass is 610 g/mol. The van der Waals surface area contributed by atoms with Gasteiger partial charge >= 0.3 is 5.97 Å². The highest BCUT2D eigenvalue weighted by Crippen LogP contribution is 2.36. The van der Waals surface area contributed by atoms with E-state index in [1.165, 1.54) is 0 Å². The molecule has 0 aromatic heterocycles. The summed E-state index contributed by atoms with van der Waals surface area (Å²) in [6.07, 6.45) is 2.87. The lowest BCUT2D eigenvalue weighted by Crippen LogP contribution is -2.27. The number of rotatable bonds is 15. The molecule has 5 nitrogen and oxygen atoms in total. The average molecular weight is 612 g/mol. The van der Waals surface area contributed by atoms with Crippen LogP contribution >= 0.6 is 31.9 Å².